The Hall–Kier alpha value is -0.120. The molecule has 3 heteroatoms. The van der Waals surface area contributed by atoms with Gasteiger partial charge in [0.15, 0.2) is 0 Å². The average molecular weight is 212 g/mol. The van der Waals surface area contributed by atoms with E-state index >= 15 is 0 Å². The van der Waals surface area contributed by atoms with Gasteiger partial charge in [-0.2, -0.15) is 0 Å². The quantitative estimate of drug-likeness (QED) is 0.746. The van der Waals surface area contributed by atoms with E-state index in [9.17, 15) is 0 Å². The Morgan fingerprint density at radius 1 is 1.27 bits per heavy atom. The number of likely N-dealkylation sites (tertiary alicyclic amines) is 2. The van der Waals surface area contributed by atoms with Gasteiger partial charge in [0.25, 0.3) is 0 Å². The second-order valence-electron chi connectivity index (χ2n) is 5.19. The highest BCUT2D eigenvalue weighted by atomic mass is 16.3. The Labute approximate surface area is 93.1 Å². The average Bonchev–Trinajstić information content (AvgIpc) is 2.86. The number of hydrogen-bond acceptors (Lipinski definition) is 3. The summed E-state index contributed by atoms with van der Waals surface area (Å²) >= 11 is 0. The molecule has 2 atom stereocenters. The normalized spacial score (nSPS) is 31.2. The van der Waals surface area contributed by atoms with Crippen molar-refractivity contribution < 1.29 is 5.11 Å². The van der Waals surface area contributed by atoms with Gasteiger partial charge in [0, 0.05) is 25.7 Å². The van der Waals surface area contributed by atoms with E-state index in [1.54, 1.807) is 0 Å². The first-order chi connectivity index (χ1) is 7.29. The summed E-state index contributed by atoms with van der Waals surface area (Å²) in [6.07, 6.45) is 3.94. The van der Waals surface area contributed by atoms with Crippen LogP contribution in [-0.4, -0.2) is 60.3 Å². The van der Waals surface area contributed by atoms with Crippen LogP contribution in [0, 0.1) is 5.92 Å². The standard InChI is InChI=1S/C12H24N2O/c1-11(8-13-5-2-3-6-13)14-7-4-12(9-14)10-15/h11-12,15H,2-10H2,1H3. The molecule has 3 nitrogen and oxygen atoms in total. The predicted molar refractivity (Wildman–Crippen MR) is 61.9 cm³/mol. The van der Waals surface area contributed by atoms with E-state index < -0.39 is 0 Å². The third-order valence-corrected chi connectivity index (χ3v) is 3.92. The second kappa shape index (κ2) is 5.28. The fourth-order valence-electron chi connectivity index (χ4n) is 2.87. The summed E-state index contributed by atoms with van der Waals surface area (Å²) in [6, 6.07) is 0.666. The van der Waals surface area contributed by atoms with Gasteiger partial charge in [-0.25, -0.2) is 0 Å². The van der Waals surface area contributed by atoms with Crippen LogP contribution in [0.5, 0.6) is 0 Å². The molecular weight excluding hydrogens is 188 g/mol. The van der Waals surface area contributed by atoms with Crippen LogP contribution < -0.4 is 0 Å². The Morgan fingerprint density at radius 3 is 2.60 bits per heavy atom. The topological polar surface area (TPSA) is 26.7 Å². The predicted octanol–water partition coefficient (Wildman–Crippen LogP) is 0.785. The molecule has 1 N–H and O–H groups in total. The van der Waals surface area contributed by atoms with Crippen LogP contribution in [0.4, 0.5) is 0 Å². The lowest BCUT2D eigenvalue weighted by Gasteiger charge is -2.28. The highest BCUT2D eigenvalue weighted by Gasteiger charge is 2.26. The molecular formula is C12H24N2O. The van der Waals surface area contributed by atoms with Crippen molar-refractivity contribution >= 4 is 0 Å². The molecule has 88 valence electrons. The Balaban J connectivity index is 1.73. The first kappa shape index (κ1) is 11.4. The molecule has 2 fully saturated rings. The van der Waals surface area contributed by atoms with E-state index in [2.05, 4.69) is 16.7 Å². The Morgan fingerprint density at radius 2 is 2.00 bits per heavy atom. The molecule has 2 aliphatic heterocycles. The van der Waals surface area contributed by atoms with Crippen LogP contribution in [0.3, 0.4) is 0 Å². The summed E-state index contributed by atoms with van der Waals surface area (Å²) < 4.78 is 0. The van der Waals surface area contributed by atoms with Gasteiger partial charge in [-0.1, -0.05) is 0 Å². The van der Waals surface area contributed by atoms with Crippen LogP contribution in [0.2, 0.25) is 0 Å². The monoisotopic (exact) mass is 212 g/mol. The van der Waals surface area contributed by atoms with Crippen LogP contribution in [0.25, 0.3) is 0 Å². The molecule has 2 unspecified atom stereocenters. The summed E-state index contributed by atoms with van der Waals surface area (Å²) in [5, 5.41) is 9.11. The van der Waals surface area contributed by atoms with Crippen molar-refractivity contribution in [3.8, 4) is 0 Å². The van der Waals surface area contributed by atoms with Crippen LogP contribution in [-0.2, 0) is 0 Å². The van der Waals surface area contributed by atoms with E-state index in [-0.39, 0.29) is 0 Å². The van der Waals surface area contributed by atoms with Crippen molar-refractivity contribution in [3.63, 3.8) is 0 Å². The third kappa shape index (κ3) is 2.92. The van der Waals surface area contributed by atoms with Gasteiger partial charge in [0.2, 0.25) is 0 Å². The smallest absolute Gasteiger partial charge is 0.0471 e. The SMILES string of the molecule is CC(CN1CCCC1)N1CCC(CO)C1. The fraction of sp³-hybridized carbons (Fsp3) is 1.00. The minimum atomic E-state index is 0.368. The second-order valence-corrected chi connectivity index (χ2v) is 5.19. The van der Waals surface area contributed by atoms with E-state index in [1.807, 2.05) is 0 Å². The molecule has 0 aromatic heterocycles. The van der Waals surface area contributed by atoms with Crippen LogP contribution >= 0.6 is 0 Å². The number of aliphatic hydroxyl groups is 1. The lowest BCUT2D eigenvalue weighted by Crippen LogP contribution is -2.40. The van der Waals surface area contributed by atoms with Crippen LogP contribution in [0.1, 0.15) is 26.2 Å². The molecule has 0 amide bonds. The maximum absolute atomic E-state index is 9.11. The lowest BCUT2D eigenvalue weighted by molar-refractivity contribution is 0.172. The molecule has 15 heavy (non-hydrogen) atoms. The van der Waals surface area contributed by atoms with Gasteiger partial charge >= 0.3 is 0 Å². The van der Waals surface area contributed by atoms with Gasteiger partial charge in [0.05, 0.1) is 0 Å². The molecule has 0 aromatic rings. The molecule has 2 saturated heterocycles. The highest BCUT2D eigenvalue weighted by molar-refractivity contribution is 4.81. The lowest BCUT2D eigenvalue weighted by atomic mass is 10.1. The maximum Gasteiger partial charge on any atom is 0.0471 e. The largest absolute Gasteiger partial charge is 0.396 e. The minimum absolute atomic E-state index is 0.368. The van der Waals surface area contributed by atoms with E-state index in [0.717, 1.165) is 6.54 Å². The third-order valence-electron chi connectivity index (χ3n) is 3.92. The van der Waals surface area contributed by atoms with Crippen molar-refractivity contribution in [2.45, 2.75) is 32.2 Å². The van der Waals surface area contributed by atoms with Crippen molar-refractivity contribution in [2.24, 2.45) is 5.92 Å². The molecule has 0 bridgehead atoms. The summed E-state index contributed by atoms with van der Waals surface area (Å²) in [7, 11) is 0. The van der Waals surface area contributed by atoms with Crippen molar-refractivity contribution in [3.05, 3.63) is 0 Å². The first-order valence-electron chi connectivity index (χ1n) is 6.37. The number of rotatable bonds is 4. The van der Waals surface area contributed by atoms with E-state index in [0.29, 0.717) is 18.6 Å². The van der Waals surface area contributed by atoms with Crippen molar-refractivity contribution in [1.82, 2.24) is 9.80 Å². The highest BCUT2D eigenvalue weighted by Crippen LogP contribution is 2.19. The van der Waals surface area contributed by atoms with Crippen molar-refractivity contribution in [1.29, 1.82) is 0 Å². The zero-order valence-electron chi connectivity index (χ0n) is 9.86. The number of hydrogen-bond donors (Lipinski definition) is 1. The summed E-state index contributed by atoms with van der Waals surface area (Å²) in [5.41, 5.74) is 0. The number of nitrogens with zero attached hydrogens (tertiary/aromatic N) is 2. The minimum Gasteiger partial charge on any atom is -0.396 e. The molecule has 0 saturated carbocycles. The van der Waals surface area contributed by atoms with Gasteiger partial charge in [-0.15, -0.1) is 0 Å². The van der Waals surface area contributed by atoms with Gasteiger partial charge < -0.3 is 10.0 Å². The van der Waals surface area contributed by atoms with E-state index in [4.69, 9.17) is 5.11 Å². The van der Waals surface area contributed by atoms with Crippen LogP contribution in [0.15, 0.2) is 0 Å². The summed E-state index contributed by atoms with van der Waals surface area (Å²) in [5.74, 6) is 0.533. The Kier molecular flexibility index (Phi) is 4.00. The summed E-state index contributed by atoms with van der Waals surface area (Å²) in [4.78, 5) is 5.12. The molecule has 0 radical (unpaired) electrons. The molecule has 0 aromatic carbocycles. The zero-order valence-corrected chi connectivity index (χ0v) is 9.86. The van der Waals surface area contributed by atoms with Gasteiger partial charge in [-0.3, -0.25) is 4.90 Å². The van der Waals surface area contributed by atoms with Crippen molar-refractivity contribution in [2.75, 3.05) is 39.3 Å². The maximum atomic E-state index is 9.11. The number of aliphatic hydroxyl groups excluding tert-OH is 1. The molecule has 2 rings (SSSR count). The molecule has 2 aliphatic rings. The zero-order chi connectivity index (χ0) is 10.7. The fourth-order valence-corrected chi connectivity index (χ4v) is 2.87. The molecule has 0 aliphatic carbocycles. The summed E-state index contributed by atoms with van der Waals surface area (Å²) in [6.45, 7) is 8.79. The molecule has 0 spiro atoms. The van der Waals surface area contributed by atoms with Gasteiger partial charge in [0.1, 0.15) is 0 Å². The Bertz CT molecular complexity index is 192. The van der Waals surface area contributed by atoms with Gasteiger partial charge in [-0.05, 0) is 51.7 Å². The van der Waals surface area contributed by atoms with E-state index in [1.165, 1.54) is 45.4 Å². The molecule has 2 heterocycles. The first-order valence-corrected chi connectivity index (χ1v) is 6.37.